The first-order valence-corrected chi connectivity index (χ1v) is 4.71. The van der Waals surface area contributed by atoms with Gasteiger partial charge >= 0.3 is 11.8 Å². The molecule has 1 aromatic rings. The van der Waals surface area contributed by atoms with Gasteiger partial charge in [-0.2, -0.15) is 0 Å². The van der Waals surface area contributed by atoms with E-state index in [1.807, 2.05) is 12.3 Å². The highest BCUT2D eigenvalue weighted by atomic mass is 32.1. The topological polar surface area (TPSA) is 97.1 Å². The number of nitrogens with one attached hydrogen (secondary N) is 2. The molecule has 0 saturated carbocycles. The quantitative estimate of drug-likeness (QED) is 0.256. The molecular weight excluding hydrogens is 204 g/mol. The molecule has 0 spiro atoms. The van der Waals surface area contributed by atoms with Crippen LogP contribution in [-0.2, 0) is 16.1 Å². The summed E-state index contributed by atoms with van der Waals surface area (Å²) in [5, 5.41) is 5.11. The van der Waals surface area contributed by atoms with E-state index in [-0.39, 0.29) is 6.54 Å². The van der Waals surface area contributed by atoms with Crippen LogP contribution in [0.3, 0.4) is 0 Å². The first kappa shape index (κ1) is 10.6. The molecular formula is C7H10N4O2S. The van der Waals surface area contributed by atoms with Crippen LogP contribution in [0.2, 0.25) is 0 Å². The molecule has 76 valence electrons. The van der Waals surface area contributed by atoms with Gasteiger partial charge in [-0.05, 0) is 6.92 Å². The fourth-order valence-corrected chi connectivity index (χ4v) is 1.42. The number of aromatic nitrogens is 1. The van der Waals surface area contributed by atoms with Crippen molar-refractivity contribution in [2.24, 2.45) is 5.84 Å². The van der Waals surface area contributed by atoms with Crippen LogP contribution in [0.25, 0.3) is 0 Å². The fourth-order valence-electron chi connectivity index (χ4n) is 0.806. The lowest BCUT2D eigenvalue weighted by Crippen LogP contribution is -2.42. The summed E-state index contributed by atoms with van der Waals surface area (Å²) in [6, 6.07) is 0. The molecule has 1 rings (SSSR count). The van der Waals surface area contributed by atoms with Crippen molar-refractivity contribution in [3.8, 4) is 0 Å². The van der Waals surface area contributed by atoms with Gasteiger partial charge in [0.2, 0.25) is 0 Å². The van der Waals surface area contributed by atoms with E-state index in [2.05, 4.69) is 10.3 Å². The summed E-state index contributed by atoms with van der Waals surface area (Å²) in [5.74, 6) is 3.14. The van der Waals surface area contributed by atoms with Gasteiger partial charge in [-0.25, -0.2) is 10.8 Å². The zero-order chi connectivity index (χ0) is 10.6. The third kappa shape index (κ3) is 2.79. The Morgan fingerprint density at radius 3 is 2.79 bits per heavy atom. The summed E-state index contributed by atoms with van der Waals surface area (Å²) in [6.07, 6.45) is 0. The minimum absolute atomic E-state index is 0.233. The van der Waals surface area contributed by atoms with Crippen LogP contribution in [-0.4, -0.2) is 16.8 Å². The van der Waals surface area contributed by atoms with Crippen molar-refractivity contribution < 1.29 is 9.59 Å². The second-order valence-electron chi connectivity index (χ2n) is 2.51. The maximum Gasteiger partial charge on any atom is 0.323 e. The number of thiazole rings is 1. The second-order valence-corrected chi connectivity index (χ2v) is 3.58. The zero-order valence-corrected chi connectivity index (χ0v) is 8.35. The predicted octanol–water partition coefficient (Wildman–Crippen LogP) is -0.942. The molecule has 7 heteroatoms. The largest absolute Gasteiger partial charge is 0.342 e. The third-order valence-corrected chi connectivity index (χ3v) is 2.26. The number of nitrogens with two attached hydrogens (primary N) is 1. The SMILES string of the molecule is Cc1nc(CNC(=O)C(=O)NN)cs1. The van der Waals surface area contributed by atoms with E-state index in [0.717, 1.165) is 10.7 Å². The summed E-state index contributed by atoms with van der Waals surface area (Å²) >= 11 is 1.48. The number of carbonyl (C=O) groups excluding carboxylic acids is 2. The van der Waals surface area contributed by atoms with E-state index in [1.165, 1.54) is 11.3 Å². The molecule has 6 nitrogen and oxygen atoms in total. The van der Waals surface area contributed by atoms with Gasteiger partial charge in [-0.1, -0.05) is 0 Å². The van der Waals surface area contributed by atoms with Crippen molar-refractivity contribution in [3.05, 3.63) is 16.1 Å². The number of hydrogen-bond acceptors (Lipinski definition) is 5. The Morgan fingerprint density at radius 2 is 2.29 bits per heavy atom. The van der Waals surface area contributed by atoms with Gasteiger partial charge in [0.15, 0.2) is 0 Å². The van der Waals surface area contributed by atoms with Crippen LogP contribution in [0.15, 0.2) is 5.38 Å². The van der Waals surface area contributed by atoms with Crippen molar-refractivity contribution in [2.45, 2.75) is 13.5 Å². The number of rotatable bonds is 2. The molecule has 0 bridgehead atoms. The number of aryl methyl sites for hydroxylation is 1. The maximum atomic E-state index is 10.9. The van der Waals surface area contributed by atoms with Crippen molar-refractivity contribution in [1.29, 1.82) is 0 Å². The average Bonchev–Trinajstić information content (AvgIpc) is 2.59. The second kappa shape index (κ2) is 4.68. The summed E-state index contributed by atoms with van der Waals surface area (Å²) < 4.78 is 0. The molecule has 0 atom stereocenters. The highest BCUT2D eigenvalue weighted by molar-refractivity contribution is 7.09. The number of hydrazine groups is 1. The Bertz CT molecular complexity index is 349. The summed E-state index contributed by atoms with van der Waals surface area (Å²) in [5.41, 5.74) is 2.46. The molecule has 1 aromatic heterocycles. The molecule has 0 aliphatic carbocycles. The smallest absolute Gasteiger partial charge is 0.323 e. The molecule has 0 radical (unpaired) electrons. The molecule has 1 heterocycles. The van der Waals surface area contributed by atoms with Gasteiger partial charge in [0, 0.05) is 5.38 Å². The van der Waals surface area contributed by atoms with Crippen LogP contribution in [0.1, 0.15) is 10.7 Å². The van der Waals surface area contributed by atoms with E-state index >= 15 is 0 Å². The summed E-state index contributed by atoms with van der Waals surface area (Å²) in [4.78, 5) is 25.7. The zero-order valence-electron chi connectivity index (χ0n) is 7.53. The lowest BCUT2D eigenvalue weighted by molar-refractivity contribution is -0.139. The normalized spacial score (nSPS) is 9.57. The standard InChI is InChI=1S/C7H10N4O2S/c1-4-10-5(3-14-4)2-9-6(12)7(13)11-8/h3H,2,8H2,1H3,(H,9,12)(H,11,13). The van der Waals surface area contributed by atoms with E-state index in [4.69, 9.17) is 5.84 Å². The Labute approximate surface area is 84.5 Å². The summed E-state index contributed by atoms with van der Waals surface area (Å²) in [7, 11) is 0. The van der Waals surface area contributed by atoms with Crippen LogP contribution >= 0.6 is 11.3 Å². The lowest BCUT2D eigenvalue weighted by atomic mass is 10.4. The van der Waals surface area contributed by atoms with Crippen molar-refractivity contribution in [3.63, 3.8) is 0 Å². The van der Waals surface area contributed by atoms with Crippen molar-refractivity contribution in [1.82, 2.24) is 15.7 Å². The van der Waals surface area contributed by atoms with Gasteiger partial charge in [-0.3, -0.25) is 15.0 Å². The molecule has 0 unspecified atom stereocenters. The average molecular weight is 214 g/mol. The minimum Gasteiger partial charge on any atom is -0.342 e. The molecule has 14 heavy (non-hydrogen) atoms. The van der Waals surface area contributed by atoms with Crippen LogP contribution in [0.5, 0.6) is 0 Å². The van der Waals surface area contributed by atoms with Crippen molar-refractivity contribution >= 4 is 23.2 Å². The maximum absolute atomic E-state index is 10.9. The first-order chi connectivity index (χ1) is 6.63. The van der Waals surface area contributed by atoms with E-state index < -0.39 is 11.8 Å². The van der Waals surface area contributed by atoms with Gasteiger partial charge in [-0.15, -0.1) is 11.3 Å². The number of carbonyl (C=O) groups is 2. The number of nitrogens with zero attached hydrogens (tertiary/aromatic N) is 1. The number of hydrogen-bond donors (Lipinski definition) is 3. The fraction of sp³-hybridized carbons (Fsp3) is 0.286. The Morgan fingerprint density at radius 1 is 1.57 bits per heavy atom. The highest BCUT2D eigenvalue weighted by Gasteiger charge is 2.11. The van der Waals surface area contributed by atoms with Gasteiger partial charge in [0.05, 0.1) is 17.2 Å². The molecule has 0 aliphatic rings. The van der Waals surface area contributed by atoms with E-state index in [1.54, 1.807) is 5.43 Å². The third-order valence-electron chi connectivity index (χ3n) is 1.43. The molecule has 0 aromatic carbocycles. The number of amides is 2. The van der Waals surface area contributed by atoms with E-state index in [9.17, 15) is 9.59 Å². The first-order valence-electron chi connectivity index (χ1n) is 3.83. The molecule has 0 aliphatic heterocycles. The molecule has 4 N–H and O–H groups in total. The van der Waals surface area contributed by atoms with Crippen LogP contribution in [0.4, 0.5) is 0 Å². The van der Waals surface area contributed by atoms with Crippen LogP contribution < -0.4 is 16.6 Å². The van der Waals surface area contributed by atoms with E-state index in [0.29, 0.717) is 0 Å². The van der Waals surface area contributed by atoms with Gasteiger partial charge < -0.3 is 5.32 Å². The van der Waals surface area contributed by atoms with Crippen LogP contribution in [0, 0.1) is 6.92 Å². The lowest BCUT2D eigenvalue weighted by Gasteiger charge is -2.00. The van der Waals surface area contributed by atoms with Crippen molar-refractivity contribution in [2.75, 3.05) is 0 Å². The summed E-state index contributed by atoms with van der Waals surface area (Å²) in [6.45, 7) is 2.10. The minimum atomic E-state index is -0.864. The molecule has 0 fully saturated rings. The highest BCUT2D eigenvalue weighted by Crippen LogP contribution is 2.06. The molecule has 0 saturated heterocycles. The predicted molar refractivity (Wildman–Crippen MR) is 51.0 cm³/mol. The monoisotopic (exact) mass is 214 g/mol. The van der Waals surface area contributed by atoms with Gasteiger partial charge in [0.25, 0.3) is 0 Å². The Kier molecular flexibility index (Phi) is 3.55. The van der Waals surface area contributed by atoms with Gasteiger partial charge in [0.1, 0.15) is 0 Å². The Hall–Kier alpha value is -1.47. The molecule has 2 amide bonds. The Balaban J connectivity index is 2.41.